The molecule has 36 heavy (non-hydrogen) atoms. The minimum atomic E-state index is -1.22. The van der Waals surface area contributed by atoms with Gasteiger partial charge in [-0.3, -0.25) is 0 Å². The molecule has 0 saturated heterocycles. The molecule has 5 heteroatoms. The van der Waals surface area contributed by atoms with E-state index in [-0.39, 0.29) is 6.03 Å². The number of carbonyl (C=O) groups is 1. The lowest BCUT2D eigenvalue weighted by Gasteiger charge is -2.44. The summed E-state index contributed by atoms with van der Waals surface area (Å²) in [4.78, 5) is 12.8. The summed E-state index contributed by atoms with van der Waals surface area (Å²) in [7, 11) is 5.32. The van der Waals surface area contributed by atoms with Gasteiger partial charge < -0.3 is 4.90 Å². The summed E-state index contributed by atoms with van der Waals surface area (Å²) in [6.07, 6.45) is 4.05. The summed E-state index contributed by atoms with van der Waals surface area (Å²) in [5.41, 5.74) is 5.36. The fourth-order valence-electron chi connectivity index (χ4n) is 4.92. The average Bonchev–Trinajstić information content (AvgIpc) is 3.38. The Morgan fingerprint density at radius 1 is 0.639 bits per heavy atom. The van der Waals surface area contributed by atoms with Gasteiger partial charge in [0.2, 0.25) is 0 Å². The molecule has 0 atom stereocenters. The van der Waals surface area contributed by atoms with Gasteiger partial charge in [-0.25, -0.2) is 9.36 Å². The van der Waals surface area contributed by atoms with Gasteiger partial charge in [-0.2, -0.15) is 26.4 Å². The van der Waals surface area contributed by atoms with Gasteiger partial charge >= 0.3 is 6.03 Å². The minimum absolute atomic E-state index is 0.0365. The number of carbonyl (C=O) groups excluding carboxylic acids is 1. The van der Waals surface area contributed by atoms with Crippen LogP contribution in [-0.2, 0) is 7.05 Å². The lowest BCUT2D eigenvalue weighted by atomic mass is 9.13. The number of aryl methyl sites for hydroxylation is 1. The molecule has 0 aliphatic heterocycles. The van der Waals surface area contributed by atoms with Gasteiger partial charge in [0.25, 0.3) is 6.33 Å². The van der Waals surface area contributed by atoms with Crippen molar-refractivity contribution in [3.8, 4) is 0 Å². The van der Waals surface area contributed by atoms with E-state index < -0.39 is 6.15 Å². The van der Waals surface area contributed by atoms with E-state index in [2.05, 4.69) is 121 Å². The van der Waals surface area contributed by atoms with Gasteiger partial charge in [0.1, 0.15) is 18.5 Å². The smallest absolute Gasteiger partial charge is 0.310 e. The van der Waals surface area contributed by atoms with Crippen LogP contribution in [0.4, 0.5) is 4.79 Å². The maximum atomic E-state index is 11.2. The summed E-state index contributed by atoms with van der Waals surface area (Å²) >= 11 is 0. The lowest BCUT2D eigenvalue weighted by Crippen LogP contribution is -2.74. The molecule has 1 aromatic heterocycles. The van der Waals surface area contributed by atoms with E-state index >= 15 is 0 Å². The predicted octanol–water partition coefficient (Wildman–Crippen LogP) is 2.91. The molecule has 0 aliphatic carbocycles. The zero-order valence-electron chi connectivity index (χ0n) is 21.1. The van der Waals surface area contributed by atoms with Gasteiger partial charge in [0.15, 0.2) is 0 Å². The molecule has 180 valence electrons. The number of hydrogen-bond donors (Lipinski definition) is 0. The molecule has 4 aromatic carbocycles. The Morgan fingerprint density at radius 3 is 1.22 bits per heavy atom. The highest BCUT2D eigenvalue weighted by molar-refractivity contribution is 7.19. The molecular formula is C31H32BN3O. The van der Waals surface area contributed by atoms with Crippen molar-refractivity contribution in [2.75, 3.05) is 14.1 Å². The van der Waals surface area contributed by atoms with Crippen molar-refractivity contribution < 1.29 is 9.36 Å². The Kier molecular flexibility index (Phi) is 7.81. The van der Waals surface area contributed by atoms with E-state index in [0.717, 1.165) is 0 Å². The Hall–Kier alpha value is -4.38. The Balaban J connectivity index is 0.000000233. The summed E-state index contributed by atoms with van der Waals surface area (Å²) < 4.78 is 3.35. The normalized spacial score (nSPS) is 10.8. The summed E-state index contributed by atoms with van der Waals surface area (Å²) in [5, 5.41) is 0. The average molecular weight is 473 g/mol. The Bertz CT molecular complexity index is 1210. The SMILES string of the molecule is CN(C)C(=O)n1cc[n+](C)c1.c1ccc([B-](c2ccccc2)(c2ccccc2)c2ccccc2)cc1. The molecule has 0 bridgehead atoms. The molecule has 5 rings (SSSR count). The summed E-state index contributed by atoms with van der Waals surface area (Å²) in [5.74, 6) is 0. The van der Waals surface area contributed by atoms with E-state index in [9.17, 15) is 4.79 Å². The first-order valence-electron chi connectivity index (χ1n) is 12.2. The molecule has 0 radical (unpaired) electrons. The van der Waals surface area contributed by atoms with Crippen LogP contribution in [-0.4, -0.2) is 35.7 Å². The van der Waals surface area contributed by atoms with E-state index in [0.29, 0.717) is 0 Å². The first-order chi connectivity index (χ1) is 17.5. The van der Waals surface area contributed by atoms with Gasteiger partial charge in [-0.15, -0.1) is 0 Å². The Labute approximate surface area is 214 Å². The highest BCUT2D eigenvalue weighted by atomic mass is 16.2. The second-order valence-electron chi connectivity index (χ2n) is 9.17. The number of hydrogen-bond acceptors (Lipinski definition) is 1. The third-order valence-corrected chi connectivity index (χ3v) is 6.57. The molecule has 4 nitrogen and oxygen atoms in total. The fourth-order valence-corrected chi connectivity index (χ4v) is 4.92. The second kappa shape index (κ2) is 11.4. The molecule has 1 heterocycles. The van der Waals surface area contributed by atoms with Crippen LogP contribution < -0.4 is 26.4 Å². The van der Waals surface area contributed by atoms with Crippen LogP contribution in [0.3, 0.4) is 0 Å². The maximum Gasteiger partial charge on any atom is 0.415 e. The summed E-state index contributed by atoms with van der Waals surface area (Å²) in [6, 6.07) is 43.5. The molecule has 0 unspecified atom stereocenters. The van der Waals surface area contributed by atoms with Crippen molar-refractivity contribution in [2.24, 2.45) is 7.05 Å². The van der Waals surface area contributed by atoms with Gasteiger partial charge in [0, 0.05) is 14.1 Å². The minimum Gasteiger partial charge on any atom is -0.310 e. The van der Waals surface area contributed by atoms with E-state index in [1.807, 2.05) is 17.8 Å². The van der Waals surface area contributed by atoms with Crippen LogP contribution in [0.5, 0.6) is 0 Å². The number of aromatic nitrogens is 2. The van der Waals surface area contributed by atoms with Crippen molar-refractivity contribution in [1.82, 2.24) is 9.47 Å². The van der Waals surface area contributed by atoms with Crippen LogP contribution >= 0.6 is 0 Å². The monoisotopic (exact) mass is 473 g/mol. The lowest BCUT2D eigenvalue weighted by molar-refractivity contribution is -0.670. The molecule has 1 amide bonds. The van der Waals surface area contributed by atoms with Crippen LogP contribution in [0.2, 0.25) is 0 Å². The number of nitrogens with zero attached hydrogens (tertiary/aromatic N) is 3. The van der Waals surface area contributed by atoms with Crippen molar-refractivity contribution in [3.63, 3.8) is 0 Å². The van der Waals surface area contributed by atoms with Gasteiger partial charge in [-0.1, -0.05) is 121 Å². The van der Waals surface area contributed by atoms with Gasteiger partial charge in [-0.05, 0) is 0 Å². The first-order valence-corrected chi connectivity index (χ1v) is 12.2. The quantitative estimate of drug-likeness (QED) is 0.292. The molecule has 0 spiro atoms. The van der Waals surface area contributed by atoms with Crippen molar-refractivity contribution in [2.45, 2.75) is 0 Å². The number of imidazole rings is 1. The first kappa shape index (κ1) is 24.7. The molecule has 5 aromatic rings. The molecule has 0 N–H and O–H groups in total. The van der Waals surface area contributed by atoms with Crippen LogP contribution in [0.15, 0.2) is 140 Å². The highest BCUT2D eigenvalue weighted by Crippen LogP contribution is 2.09. The largest absolute Gasteiger partial charge is 0.415 e. The standard InChI is InChI=1S/C24H20B.C7H12N3O/c1-5-13-21(14-6-1)25(22-15-7-2-8-16-22,23-17-9-3-10-18-23)24-19-11-4-12-20-24;1-8(2)7(11)10-5-4-9(3)6-10/h1-20H;4-6H,1-3H3/q-1;+1. The topological polar surface area (TPSA) is 29.1 Å². The molecule has 0 fully saturated rings. The number of benzene rings is 4. The zero-order chi connectivity index (χ0) is 25.4. The predicted molar refractivity (Wildman–Crippen MR) is 150 cm³/mol. The number of amides is 1. The molecule has 0 aliphatic rings. The van der Waals surface area contributed by atoms with E-state index in [4.69, 9.17) is 0 Å². The van der Waals surface area contributed by atoms with Crippen LogP contribution in [0.25, 0.3) is 0 Å². The third kappa shape index (κ3) is 5.15. The van der Waals surface area contributed by atoms with E-state index in [1.165, 1.54) is 31.3 Å². The van der Waals surface area contributed by atoms with Crippen molar-refractivity contribution in [3.05, 3.63) is 140 Å². The Morgan fingerprint density at radius 2 is 0.972 bits per heavy atom. The third-order valence-electron chi connectivity index (χ3n) is 6.57. The fraction of sp³-hybridized carbons (Fsp3) is 0.0968. The van der Waals surface area contributed by atoms with E-state index in [1.54, 1.807) is 26.6 Å². The van der Waals surface area contributed by atoms with Crippen molar-refractivity contribution in [1.29, 1.82) is 0 Å². The van der Waals surface area contributed by atoms with Crippen LogP contribution in [0, 0.1) is 0 Å². The number of rotatable bonds is 4. The second-order valence-corrected chi connectivity index (χ2v) is 9.17. The highest BCUT2D eigenvalue weighted by Gasteiger charge is 2.31. The molecule has 0 saturated carbocycles. The molecular weight excluding hydrogens is 441 g/mol. The maximum absolute atomic E-state index is 11.2. The summed E-state index contributed by atoms with van der Waals surface area (Å²) in [6.45, 7) is 0. The van der Waals surface area contributed by atoms with Crippen molar-refractivity contribution >= 4 is 34.0 Å². The van der Waals surface area contributed by atoms with Crippen LogP contribution in [0.1, 0.15) is 0 Å². The zero-order valence-corrected chi connectivity index (χ0v) is 21.1. The van der Waals surface area contributed by atoms with Gasteiger partial charge in [0.05, 0.1) is 7.05 Å².